The second-order valence-corrected chi connectivity index (χ2v) is 4.11. The molecule has 0 saturated carbocycles. The van der Waals surface area contributed by atoms with E-state index in [1.165, 1.54) is 6.33 Å². The quantitative estimate of drug-likeness (QED) is 0.819. The molecule has 3 rings (SSSR count). The largest absolute Gasteiger partial charge is 0.352 e. The van der Waals surface area contributed by atoms with Gasteiger partial charge in [-0.3, -0.25) is 4.98 Å². The molecule has 0 unspecified atom stereocenters. The fourth-order valence-corrected chi connectivity index (χ4v) is 2.07. The van der Waals surface area contributed by atoms with Gasteiger partial charge in [-0.15, -0.1) is 10.2 Å². The van der Waals surface area contributed by atoms with Gasteiger partial charge in [0.1, 0.15) is 12.0 Å². The Morgan fingerprint density at radius 3 is 2.89 bits per heavy atom. The third-order valence-electron chi connectivity index (χ3n) is 2.95. The highest BCUT2D eigenvalue weighted by atomic mass is 15.3. The highest BCUT2D eigenvalue weighted by Gasteiger charge is 2.17. The van der Waals surface area contributed by atoms with Crippen molar-refractivity contribution in [1.29, 1.82) is 0 Å². The van der Waals surface area contributed by atoms with Crippen LogP contribution < -0.4 is 10.2 Å². The molecule has 0 amide bonds. The lowest BCUT2D eigenvalue weighted by Gasteiger charge is -2.29. The van der Waals surface area contributed by atoms with E-state index >= 15 is 0 Å². The van der Waals surface area contributed by atoms with Gasteiger partial charge < -0.3 is 10.2 Å². The summed E-state index contributed by atoms with van der Waals surface area (Å²) in [6.07, 6.45) is 5.03. The summed E-state index contributed by atoms with van der Waals surface area (Å²) in [7, 11) is 0. The summed E-state index contributed by atoms with van der Waals surface area (Å²) in [4.78, 5) is 10.7. The first-order chi connectivity index (χ1) is 8.95. The Morgan fingerprint density at radius 2 is 2.11 bits per heavy atom. The van der Waals surface area contributed by atoms with Crippen LogP contribution >= 0.6 is 0 Å². The van der Waals surface area contributed by atoms with E-state index in [0.717, 1.165) is 43.3 Å². The maximum absolute atomic E-state index is 4.38. The molecule has 92 valence electrons. The van der Waals surface area contributed by atoms with E-state index in [0.29, 0.717) is 0 Å². The number of anilines is 1. The van der Waals surface area contributed by atoms with Crippen molar-refractivity contribution in [2.45, 2.75) is 0 Å². The predicted molar refractivity (Wildman–Crippen MR) is 68.1 cm³/mol. The molecule has 18 heavy (non-hydrogen) atoms. The van der Waals surface area contributed by atoms with Crippen LogP contribution in [0.15, 0.2) is 30.9 Å². The van der Waals surface area contributed by atoms with Gasteiger partial charge in [-0.25, -0.2) is 4.98 Å². The van der Waals surface area contributed by atoms with E-state index < -0.39 is 0 Å². The lowest BCUT2D eigenvalue weighted by atomic mass is 10.2. The molecule has 0 bridgehead atoms. The predicted octanol–water partition coefficient (Wildman–Crippen LogP) is 0.343. The number of nitrogens with zero attached hydrogens (tertiary/aromatic N) is 5. The molecule has 0 atom stereocenters. The summed E-state index contributed by atoms with van der Waals surface area (Å²) in [6, 6.07) is 3.87. The molecular weight excluding hydrogens is 228 g/mol. The van der Waals surface area contributed by atoms with Crippen molar-refractivity contribution in [3.63, 3.8) is 0 Å². The molecular formula is C12H14N6. The lowest BCUT2D eigenvalue weighted by Crippen LogP contribution is -2.44. The normalized spacial score (nSPS) is 15.7. The standard InChI is InChI=1S/C12H14N6/c1-2-10(8-14-3-1)11-12(15-9-16-17-11)18-6-4-13-5-7-18/h1-3,8-9,13H,4-7H2. The van der Waals surface area contributed by atoms with Crippen LogP contribution in [0.5, 0.6) is 0 Å². The second-order valence-electron chi connectivity index (χ2n) is 4.11. The van der Waals surface area contributed by atoms with Crippen LogP contribution in [0.3, 0.4) is 0 Å². The number of piperazine rings is 1. The Kier molecular flexibility index (Phi) is 3.10. The number of rotatable bonds is 2. The van der Waals surface area contributed by atoms with E-state index in [2.05, 4.69) is 30.4 Å². The fourth-order valence-electron chi connectivity index (χ4n) is 2.07. The van der Waals surface area contributed by atoms with Gasteiger partial charge in [0.15, 0.2) is 5.82 Å². The molecule has 6 heteroatoms. The number of nitrogens with one attached hydrogen (secondary N) is 1. The third kappa shape index (κ3) is 2.14. The number of hydrogen-bond donors (Lipinski definition) is 1. The molecule has 2 aromatic rings. The number of hydrogen-bond acceptors (Lipinski definition) is 6. The van der Waals surface area contributed by atoms with E-state index in [1.807, 2.05) is 12.1 Å². The van der Waals surface area contributed by atoms with Crippen molar-refractivity contribution in [3.8, 4) is 11.3 Å². The highest BCUT2D eigenvalue weighted by Crippen LogP contribution is 2.25. The number of pyridine rings is 1. The lowest BCUT2D eigenvalue weighted by molar-refractivity contribution is 0.583. The first-order valence-corrected chi connectivity index (χ1v) is 5.99. The minimum atomic E-state index is 0.799. The Balaban J connectivity index is 1.99. The molecule has 1 aliphatic heterocycles. The maximum Gasteiger partial charge on any atom is 0.159 e. The zero-order valence-corrected chi connectivity index (χ0v) is 9.95. The zero-order chi connectivity index (χ0) is 12.2. The smallest absolute Gasteiger partial charge is 0.159 e. The molecule has 3 heterocycles. The summed E-state index contributed by atoms with van der Waals surface area (Å²) in [5.74, 6) is 0.888. The van der Waals surface area contributed by atoms with Crippen molar-refractivity contribution in [2.75, 3.05) is 31.1 Å². The van der Waals surface area contributed by atoms with Crippen LogP contribution in [0, 0.1) is 0 Å². The average molecular weight is 242 g/mol. The summed E-state index contributed by atoms with van der Waals surface area (Å²) in [5.41, 5.74) is 1.75. The van der Waals surface area contributed by atoms with Crippen LogP contribution in [0.1, 0.15) is 0 Å². The Morgan fingerprint density at radius 1 is 1.22 bits per heavy atom. The number of aromatic nitrogens is 4. The minimum absolute atomic E-state index is 0.799. The van der Waals surface area contributed by atoms with E-state index in [1.54, 1.807) is 12.4 Å². The summed E-state index contributed by atoms with van der Waals surface area (Å²) >= 11 is 0. The van der Waals surface area contributed by atoms with Gasteiger partial charge in [0.25, 0.3) is 0 Å². The van der Waals surface area contributed by atoms with Gasteiger partial charge >= 0.3 is 0 Å². The van der Waals surface area contributed by atoms with Gasteiger partial charge in [0.05, 0.1) is 0 Å². The molecule has 1 aliphatic rings. The van der Waals surface area contributed by atoms with Gasteiger partial charge in [-0.2, -0.15) is 0 Å². The topological polar surface area (TPSA) is 66.8 Å². The molecule has 6 nitrogen and oxygen atoms in total. The van der Waals surface area contributed by atoms with Gasteiger partial charge in [-0.05, 0) is 12.1 Å². The van der Waals surface area contributed by atoms with Gasteiger partial charge in [0, 0.05) is 44.1 Å². The Labute approximate surface area is 105 Å². The summed E-state index contributed by atoms with van der Waals surface area (Å²) in [5, 5.41) is 11.4. The van der Waals surface area contributed by atoms with Crippen molar-refractivity contribution in [2.24, 2.45) is 0 Å². The molecule has 0 aliphatic carbocycles. The third-order valence-corrected chi connectivity index (χ3v) is 2.95. The van der Waals surface area contributed by atoms with Crippen molar-refractivity contribution in [1.82, 2.24) is 25.5 Å². The zero-order valence-electron chi connectivity index (χ0n) is 9.95. The second kappa shape index (κ2) is 5.05. The van der Waals surface area contributed by atoms with E-state index in [-0.39, 0.29) is 0 Å². The van der Waals surface area contributed by atoms with Crippen LogP contribution in [0.2, 0.25) is 0 Å². The van der Waals surface area contributed by atoms with Crippen LogP contribution in [0.25, 0.3) is 11.3 Å². The average Bonchev–Trinajstić information content (AvgIpc) is 2.49. The molecule has 1 saturated heterocycles. The SMILES string of the molecule is c1cncc(-c2nncnc2N2CCNCC2)c1. The van der Waals surface area contributed by atoms with E-state index in [4.69, 9.17) is 0 Å². The molecule has 0 spiro atoms. The van der Waals surface area contributed by atoms with Gasteiger partial charge in [0.2, 0.25) is 0 Å². The van der Waals surface area contributed by atoms with Gasteiger partial charge in [-0.1, -0.05) is 0 Å². The van der Waals surface area contributed by atoms with E-state index in [9.17, 15) is 0 Å². The maximum atomic E-state index is 4.38. The molecule has 1 fully saturated rings. The van der Waals surface area contributed by atoms with Crippen molar-refractivity contribution in [3.05, 3.63) is 30.9 Å². The molecule has 1 N–H and O–H groups in total. The molecule has 0 aromatic carbocycles. The Hall–Kier alpha value is -2.08. The van der Waals surface area contributed by atoms with Crippen LogP contribution in [-0.4, -0.2) is 46.3 Å². The van der Waals surface area contributed by atoms with Crippen LogP contribution in [-0.2, 0) is 0 Å². The first kappa shape index (κ1) is 11.0. The minimum Gasteiger partial charge on any atom is -0.352 e. The van der Waals surface area contributed by atoms with Crippen LogP contribution in [0.4, 0.5) is 5.82 Å². The van der Waals surface area contributed by atoms with Crippen molar-refractivity contribution >= 4 is 5.82 Å². The molecule has 2 aromatic heterocycles. The summed E-state index contributed by atoms with van der Waals surface area (Å²) in [6.45, 7) is 3.81. The highest BCUT2D eigenvalue weighted by molar-refractivity contribution is 5.70. The monoisotopic (exact) mass is 242 g/mol. The summed E-state index contributed by atoms with van der Waals surface area (Å²) < 4.78 is 0. The van der Waals surface area contributed by atoms with Crippen molar-refractivity contribution < 1.29 is 0 Å². The fraction of sp³-hybridized carbons (Fsp3) is 0.333. The molecule has 0 radical (unpaired) electrons. The Bertz CT molecular complexity index is 509. The first-order valence-electron chi connectivity index (χ1n) is 5.99.